The zero-order chi connectivity index (χ0) is 25.4. The van der Waals surface area contributed by atoms with Crippen molar-refractivity contribution < 1.29 is 4.79 Å². The summed E-state index contributed by atoms with van der Waals surface area (Å²) in [5, 5.41) is 0. The van der Waals surface area contributed by atoms with Gasteiger partial charge >= 0.3 is 0 Å². The van der Waals surface area contributed by atoms with Gasteiger partial charge in [-0.1, -0.05) is 30.3 Å². The highest BCUT2D eigenvalue weighted by molar-refractivity contribution is 5.82. The molecule has 0 saturated carbocycles. The first-order chi connectivity index (χ1) is 18.1. The maximum Gasteiger partial charge on any atom is 0.241 e. The second-order valence-corrected chi connectivity index (χ2v) is 11.1. The van der Waals surface area contributed by atoms with Crippen molar-refractivity contribution in [3.05, 3.63) is 83.2 Å². The number of piperazine rings is 1. The number of rotatable bonds is 4. The molecule has 1 aromatic carbocycles. The van der Waals surface area contributed by atoms with E-state index in [0.717, 1.165) is 76.3 Å². The number of fused-ring (bicyclic) bond motifs is 2. The van der Waals surface area contributed by atoms with Crippen molar-refractivity contribution in [3.63, 3.8) is 0 Å². The summed E-state index contributed by atoms with van der Waals surface area (Å²) in [6.07, 6.45) is 10.2. The fourth-order valence-corrected chi connectivity index (χ4v) is 6.61. The van der Waals surface area contributed by atoms with Crippen LogP contribution in [0.3, 0.4) is 0 Å². The molecule has 4 heterocycles. The van der Waals surface area contributed by atoms with Crippen molar-refractivity contribution in [2.24, 2.45) is 5.92 Å². The molecule has 2 fully saturated rings. The predicted octanol–water partition coefficient (Wildman–Crippen LogP) is 3.33. The van der Waals surface area contributed by atoms with E-state index in [2.05, 4.69) is 73.9 Å². The standard InChI is InChI=1S/C30H38N6O/c1-22-17-34(21-32-22)18-23-7-6-14-36(19-23)30(37)27-20-35(16-15-33(27)2)29-26-10-4-3-8-24(26)11-12-25-9-5-13-31-28(25)29/h3-5,8-10,13,17,21,23,27,29H,6-7,11-12,14-16,18-20H2,1-2H3/t23-,27-,29+/m1/s1. The molecule has 1 aliphatic carbocycles. The number of benzene rings is 1. The van der Waals surface area contributed by atoms with Crippen LogP contribution >= 0.6 is 0 Å². The minimum Gasteiger partial charge on any atom is -0.341 e. The Labute approximate surface area is 220 Å². The number of pyridine rings is 1. The number of hydrogen-bond acceptors (Lipinski definition) is 5. The van der Waals surface area contributed by atoms with Crippen molar-refractivity contribution in [2.75, 3.05) is 39.8 Å². The van der Waals surface area contributed by atoms with Crippen LogP contribution in [0.4, 0.5) is 0 Å². The average Bonchev–Trinajstić information content (AvgIpc) is 3.25. The van der Waals surface area contributed by atoms with Crippen LogP contribution in [0.2, 0.25) is 0 Å². The summed E-state index contributed by atoms with van der Waals surface area (Å²) in [4.78, 5) is 30.2. The number of carbonyl (C=O) groups excluding carboxylic acids is 1. The number of aryl methyl sites for hydroxylation is 3. The lowest BCUT2D eigenvalue weighted by Gasteiger charge is -2.45. The van der Waals surface area contributed by atoms with Gasteiger partial charge in [0.05, 0.1) is 23.8 Å². The zero-order valence-corrected chi connectivity index (χ0v) is 22.1. The van der Waals surface area contributed by atoms with Crippen molar-refractivity contribution in [2.45, 2.75) is 51.2 Å². The van der Waals surface area contributed by atoms with Gasteiger partial charge in [-0.15, -0.1) is 0 Å². The first-order valence-corrected chi connectivity index (χ1v) is 13.8. The van der Waals surface area contributed by atoms with Gasteiger partial charge in [-0.25, -0.2) is 4.98 Å². The van der Waals surface area contributed by atoms with Crippen LogP contribution in [0.25, 0.3) is 0 Å². The van der Waals surface area contributed by atoms with E-state index in [4.69, 9.17) is 4.98 Å². The lowest BCUT2D eigenvalue weighted by atomic mass is 9.94. The van der Waals surface area contributed by atoms with E-state index in [0.29, 0.717) is 5.92 Å². The van der Waals surface area contributed by atoms with Crippen molar-refractivity contribution in [3.8, 4) is 0 Å². The molecule has 2 aromatic heterocycles. The molecule has 0 spiro atoms. The van der Waals surface area contributed by atoms with E-state index in [1.807, 2.05) is 19.4 Å². The number of likely N-dealkylation sites (tertiary alicyclic amines) is 1. The molecule has 0 bridgehead atoms. The summed E-state index contributed by atoms with van der Waals surface area (Å²) < 4.78 is 2.18. The van der Waals surface area contributed by atoms with Gasteiger partial charge in [0, 0.05) is 51.7 Å². The molecule has 3 aliphatic rings. The van der Waals surface area contributed by atoms with Gasteiger partial charge in [0.1, 0.15) is 6.04 Å². The summed E-state index contributed by atoms with van der Waals surface area (Å²) in [6.45, 7) is 7.18. The smallest absolute Gasteiger partial charge is 0.241 e. The lowest BCUT2D eigenvalue weighted by Crippen LogP contribution is -2.60. The second kappa shape index (κ2) is 10.4. The number of hydrogen-bond donors (Lipinski definition) is 0. The quantitative estimate of drug-likeness (QED) is 0.552. The van der Waals surface area contributed by atoms with E-state index >= 15 is 0 Å². The number of imidazole rings is 1. The SMILES string of the molecule is Cc1cn(C[C@H]2CCCN(C(=O)[C@H]3CN([C@H]4c5ccccc5CCc5cccnc54)CCN3C)C2)cn1. The average molecular weight is 499 g/mol. The molecule has 7 nitrogen and oxygen atoms in total. The summed E-state index contributed by atoms with van der Waals surface area (Å²) in [6, 6.07) is 13.1. The summed E-state index contributed by atoms with van der Waals surface area (Å²) >= 11 is 0. The Hall–Kier alpha value is -3.03. The van der Waals surface area contributed by atoms with Crippen LogP contribution in [0.15, 0.2) is 55.1 Å². The Morgan fingerprint density at radius 2 is 1.84 bits per heavy atom. The van der Waals surface area contributed by atoms with Crippen molar-refractivity contribution in [1.82, 2.24) is 29.2 Å². The molecule has 0 radical (unpaired) electrons. The summed E-state index contributed by atoms with van der Waals surface area (Å²) in [5.74, 6) is 0.753. The lowest BCUT2D eigenvalue weighted by molar-refractivity contribution is -0.141. The Morgan fingerprint density at radius 3 is 2.70 bits per heavy atom. The van der Waals surface area contributed by atoms with Gasteiger partial charge in [-0.05, 0) is 68.3 Å². The molecule has 6 rings (SSSR count). The van der Waals surface area contributed by atoms with E-state index < -0.39 is 0 Å². The number of carbonyl (C=O) groups is 1. The normalized spacial score (nSPS) is 24.8. The van der Waals surface area contributed by atoms with Crippen molar-refractivity contribution in [1.29, 1.82) is 0 Å². The maximum atomic E-state index is 14.0. The highest BCUT2D eigenvalue weighted by atomic mass is 16.2. The summed E-state index contributed by atoms with van der Waals surface area (Å²) in [5.41, 5.74) is 6.30. The van der Waals surface area contributed by atoms with Crippen LogP contribution < -0.4 is 0 Å². The number of likely N-dealkylation sites (N-methyl/N-ethyl adjacent to an activating group) is 1. The molecule has 0 unspecified atom stereocenters. The Bertz CT molecular complexity index is 1210. The summed E-state index contributed by atoms with van der Waals surface area (Å²) in [7, 11) is 2.11. The van der Waals surface area contributed by atoms with Crippen LogP contribution in [0.5, 0.6) is 0 Å². The number of nitrogens with zero attached hydrogens (tertiary/aromatic N) is 6. The third kappa shape index (κ3) is 4.94. The Balaban J connectivity index is 1.23. The Kier molecular flexibility index (Phi) is 6.82. The second-order valence-electron chi connectivity index (χ2n) is 11.1. The van der Waals surface area contributed by atoms with Crippen molar-refractivity contribution >= 4 is 5.91 Å². The molecule has 3 atom stereocenters. The number of aromatic nitrogens is 3. The first kappa shape index (κ1) is 24.3. The van der Waals surface area contributed by atoms with E-state index in [-0.39, 0.29) is 18.0 Å². The van der Waals surface area contributed by atoms with Crippen LogP contribution in [0, 0.1) is 12.8 Å². The van der Waals surface area contributed by atoms with Gasteiger partial charge < -0.3 is 9.47 Å². The zero-order valence-electron chi connectivity index (χ0n) is 22.1. The van der Waals surface area contributed by atoms with E-state index in [9.17, 15) is 4.79 Å². The minimum absolute atomic E-state index is 0.0949. The third-order valence-corrected chi connectivity index (χ3v) is 8.59. The third-order valence-electron chi connectivity index (χ3n) is 8.59. The molecular weight excluding hydrogens is 460 g/mol. The van der Waals surface area contributed by atoms with Gasteiger partial charge in [-0.2, -0.15) is 0 Å². The Morgan fingerprint density at radius 1 is 1.00 bits per heavy atom. The largest absolute Gasteiger partial charge is 0.341 e. The highest BCUT2D eigenvalue weighted by Crippen LogP contribution is 2.36. The molecular formula is C30H38N6O. The topological polar surface area (TPSA) is 57.5 Å². The molecule has 1 amide bonds. The molecule has 194 valence electrons. The first-order valence-electron chi connectivity index (χ1n) is 13.8. The van der Waals surface area contributed by atoms with Crippen LogP contribution in [-0.4, -0.2) is 81.0 Å². The van der Waals surface area contributed by atoms with Crippen LogP contribution in [0.1, 0.15) is 47.0 Å². The minimum atomic E-state index is -0.134. The fraction of sp³-hybridized carbons (Fsp3) is 0.500. The number of piperidine rings is 1. The molecule has 37 heavy (non-hydrogen) atoms. The van der Waals surface area contributed by atoms with Gasteiger partial charge in [0.15, 0.2) is 0 Å². The molecule has 0 N–H and O–H groups in total. The van der Waals surface area contributed by atoms with Gasteiger partial charge in [0.2, 0.25) is 5.91 Å². The van der Waals surface area contributed by atoms with E-state index in [1.165, 1.54) is 16.7 Å². The predicted molar refractivity (Wildman–Crippen MR) is 144 cm³/mol. The van der Waals surface area contributed by atoms with Gasteiger partial charge in [-0.3, -0.25) is 19.6 Å². The monoisotopic (exact) mass is 498 g/mol. The molecule has 3 aromatic rings. The molecule has 7 heteroatoms. The maximum absolute atomic E-state index is 14.0. The molecule has 2 saturated heterocycles. The van der Waals surface area contributed by atoms with E-state index in [1.54, 1.807) is 0 Å². The van der Waals surface area contributed by atoms with Crippen LogP contribution in [-0.2, 0) is 24.2 Å². The fourth-order valence-electron chi connectivity index (χ4n) is 6.61. The van der Waals surface area contributed by atoms with Gasteiger partial charge in [0.25, 0.3) is 0 Å². The molecule has 2 aliphatic heterocycles. The number of amides is 1. The highest BCUT2D eigenvalue weighted by Gasteiger charge is 2.39.